The van der Waals surface area contributed by atoms with Crippen molar-refractivity contribution in [2.45, 2.75) is 43.9 Å². The van der Waals surface area contributed by atoms with E-state index in [4.69, 9.17) is 10.5 Å². The molecule has 2 heterocycles. The van der Waals surface area contributed by atoms with Crippen molar-refractivity contribution in [1.29, 1.82) is 0 Å². The van der Waals surface area contributed by atoms with Crippen LogP contribution in [0.5, 0.6) is 0 Å². The van der Waals surface area contributed by atoms with Gasteiger partial charge in [0.2, 0.25) is 0 Å². The molecule has 23 heavy (non-hydrogen) atoms. The van der Waals surface area contributed by atoms with Crippen LogP contribution < -0.4 is 11.1 Å². The van der Waals surface area contributed by atoms with Gasteiger partial charge < -0.3 is 15.8 Å². The molecular weight excluding hydrogens is 313 g/mol. The maximum Gasteiger partial charge on any atom is 0.194 e. The zero-order chi connectivity index (χ0) is 15.9. The second-order valence-corrected chi connectivity index (χ2v) is 7.65. The summed E-state index contributed by atoms with van der Waals surface area (Å²) in [7, 11) is 0. The van der Waals surface area contributed by atoms with E-state index in [1.54, 1.807) is 0 Å². The van der Waals surface area contributed by atoms with Gasteiger partial charge in [-0.1, -0.05) is 24.6 Å². The largest absolute Gasteiger partial charge is 0.382 e. The lowest BCUT2D eigenvalue weighted by atomic mass is 9.89. The Balaban J connectivity index is 1.70. The zero-order valence-electron chi connectivity index (χ0n) is 13.1. The van der Waals surface area contributed by atoms with Gasteiger partial charge in [0.1, 0.15) is 5.82 Å². The van der Waals surface area contributed by atoms with E-state index in [9.17, 15) is 4.39 Å². The number of aliphatic imine (C=N–C) groups is 1. The molecule has 2 fully saturated rings. The van der Waals surface area contributed by atoms with Crippen LogP contribution in [0.4, 0.5) is 10.1 Å². The molecule has 1 aromatic rings. The Morgan fingerprint density at radius 2 is 2.13 bits per heavy atom. The number of anilines is 1. The average molecular weight is 335 g/mol. The predicted octanol–water partition coefficient (Wildman–Crippen LogP) is 3.43. The summed E-state index contributed by atoms with van der Waals surface area (Å²) in [6.45, 7) is 0.599. The summed E-state index contributed by atoms with van der Waals surface area (Å²) in [6.07, 6.45) is 5.78. The Kier molecular flexibility index (Phi) is 3.97. The number of hydrogen-bond acceptors (Lipinski definition) is 5. The van der Waals surface area contributed by atoms with Crippen LogP contribution in [-0.2, 0) is 10.5 Å². The molecule has 124 valence electrons. The quantitative estimate of drug-likeness (QED) is 0.888. The lowest BCUT2D eigenvalue weighted by Crippen LogP contribution is -2.38. The van der Waals surface area contributed by atoms with Gasteiger partial charge in [-0.2, -0.15) is 0 Å². The van der Waals surface area contributed by atoms with Crippen LogP contribution in [0.1, 0.15) is 37.7 Å². The molecule has 3 aliphatic rings. The summed E-state index contributed by atoms with van der Waals surface area (Å²) in [5.74, 6) is 0.739. The molecule has 3 N–H and O–H groups in total. The molecule has 0 spiro atoms. The van der Waals surface area contributed by atoms with E-state index in [0.29, 0.717) is 23.4 Å². The number of nitrogens with zero attached hydrogens (tertiary/aromatic N) is 1. The van der Waals surface area contributed by atoms with Crippen LogP contribution in [0.15, 0.2) is 23.2 Å². The highest BCUT2D eigenvalue weighted by molar-refractivity contribution is 8.13. The number of benzene rings is 1. The minimum absolute atomic E-state index is 0.177. The monoisotopic (exact) mass is 335 g/mol. The normalized spacial score (nSPS) is 31.0. The molecule has 0 aromatic heterocycles. The molecule has 0 bridgehead atoms. The first-order chi connectivity index (χ1) is 11.2. The van der Waals surface area contributed by atoms with Gasteiger partial charge in [0.05, 0.1) is 6.61 Å². The molecule has 1 saturated heterocycles. The number of nitrogens with one attached hydrogen (secondary N) is 1. The summed E-state index contributed by atoms with van der Waals surface area (Å²) in [5, 5.41) is 4.01. The summed E-state index contributed by atoms with van der Waals surface area (Å²) in [4.78, 5) is 4.55. The number of fused-ring (bicyclic) bond motifs is 1. The van der Waals surface area contributed by atoms with Crippen LogP contribution in [-0.4, -0.2) is 23.6 Å². The first-order valence-corrected chi connectivity index (χ1v) is 9.34. The van der Waals surface area contributed by atoms with Crippen LogP contribution in [0.2, 0.25) is 0 Å². The van der Waals surface area contributed by atoms with Crippen molar-refractivity contribution in [3.63, 3.8) is 0 Å². The molecule has 0 amide bonds. The standard InChI is InChI=1S/C17H22FN3OS/c18-15-6-5-13(20-12-3-1-2-4-12)9-14(15)17-11(7-8-22-17)10-23-16(19)21-17/h5-6,9,11-12,20H,1-4,7-8,10H2,(H2,19,21). The third-order valence-corrected chi connectivity index (χ3v) is 6.08. The number of halogens is 1. The highest BCUT2D eigenvalue weighted by Crippen LogP contribution is 2.48. The highest BCUT2D eigenvalue weighted by atomic mass is 32.2. The molecule has 1 aliphatic carbocycles. The molecule has 4 nitrogen and oxygen atoms in total. The van der Waals surface area contributed by atoms with Crippen LogP contribution in [0.25, 0.3) is 0 Å². The molecule has 2 aliphatic heterocycles. The topological polar surface area (TPSA) is 59.6 Å². The number of amidine groups is 1. The second-order valence-electron chi connectivity index (χ2n) is 6.61. The van der Waals surface area contributed by atoms with Crippen molar-refractivity contribution in [3.8, 4) is 0 Å². The molecule has 0 radical (unpaired) electrons. The van der Waals surface area contributed by atoms with Crippen LogP contribution in [0.3, 0.4) is 0 Å². The first-order valence-electron chi connectivity index (χ1n) is 8.36. The molecular formula is C17H22FN3OS. The van der Waals surface area contributed by atoms with Crippen molar-refractivity contribution >= 4 is 22.6 Å². The fourth-order valence-corrected chi connectivity index (χ4v) is 4.89. The average Bonchev–Trinajstić information content (AvgIpc) is 3.18. The number of nitrogens with two attached hydrogens (primary N) is 1. The predicted molar refractivity (Wildman–Crippen MR) is 92.1 cm³/mol. The van der Waals surface area contributed by atoms with Gasteiger partial charge >= 0.3 is 0 Å². The van der Waals surface area contributed by atoms with Crippen LogP contribution in [0, 0.1) is 11.7 Å². The fourth-order valence-electron chi connectivity index (χ4n) is 3.93. The Morgan fingerprint density at radius 1 is 1.30 bits per heavy atom. The van der Waals surface area contributed by atoms with Crippen molar-refractivity contribution in [2.24, 2.45) is 16.6 Å². The summed E-state index contributed by atoms with van der Waals surface area (Å²) < 4.78 is 20.6. The molecule has 6 heteroatoms. The zero-order valence-corrected chi connectivity index (χ0v) is 13.9. The first kappa shape index (κ1) is 15.3. The van der Waals surface area contributed by atoms with E-state index in [2.05, 4.69) is 10.3 Å². The van der Waals surface area contributed by atoms with Gasteiger partial charge in [-0.05, 0) is 37.5 Å². The van der Waals surface area contributed by atoms with E-state index in [1.165, 1.54) is 43.5 Å². The summed E-state index contributed by atoms with van der Waals surface area (Å²) in [5.41, 5.74) is 6.46. The van der Waals surface area contributed by atoms with Crippen molar-refractivity contribution in [2.75, 3.05) is 17.7 Å². The maximum atomic E-state index is 14.6. The van der Waals surface area contributed by atoms with Crippen molar-refractivity contribution < 1.29 is 9.13 Å². The lowest BCUT2D eigenvalue weighted by molar-refractivity contribution is -0.0170. The molecule has 1 aromatic carbocycles. The van der Waals surface area contributed by atoms with Crippen LogP contribution >= 0.6 is 11.8 Å². The Bertz CT molecular complexity index is 632. The molecule has 4 rings (SSSR count). The Labute approximate surface area is 140 Å². The lowest BCUT2D eigenvalue weighted by Gasteiger charge is -2.34. The molecule has 2 unspecified atom stereocenters. The number of hydrogen-bond donors (Lipinski definition) is 2. The van der Waals surface area contributed by atoms with E-state index in [1.807, 2.05) is 12.1 Å². The maximum absolute atomic E-state index is 14.6. The second kappa shape index (κ2) is 5.98. The SMILES string of the molecule is NC1=NC2(c3cc(NC4CCCC4)ccc3F)OCCC2CS1. The molecule has 1 saturated carbocycles. The van der Waals surface area contributed by atoms with Gasteiger partial charge in [0.25, 0.3) is 0 Å². The Morgan fingerprint density at radius 3 is 2.96 bits per heavy atom. The number of ether oxygens (including phenoxy) is 1. The highest BCUT2D eigenvalue weighted by Gasteiger charge is 2.49. The van der Waals surface area contributed by atoms with Crippen molar-refractivity contribution in [3.05, 3.63) is 29.6 Å². The summed E-state index contributed by atoms with van der Waals surface area (Å²) in [6, 6.07) is 5.69. The van der Waals surface area contributed by atoms with Gasteiger partial charge in [0.15, 0.2) is 10.9 Å². The fraction of sp³-hybridized carbons (Fsp3) is 0.588. The van der Waals surface area contributed by atoms with E-state index >= 15 is 0 Å². The summed E-state index contributed by atoms with van der Waals surface area (Å²) >= 11 is 1.53. The van der Waals surface area contributed by atoms with E-state index < -0.39 is 5.72 Å². The van der Waals surface area contributed by atoms with E-state index in [-0.39, 0.29) is 11.7 Å². The third-order valence-electron chi connectivity index (χ3n) is 5.13. The van der Waals surface area contributed by atoms with Crippen molar-refractivity contribution in [1.82, 2.24) is 0 Å². The number of rotatable bonds is 3. The minimum atomic E-state index is -0.938. The third kappa shape index (κ3) is 2.72. The van der Waals surface area contributed by atoms with Gasteiger partial charge in [-0.3, -0.25) is 0 Å². The van der Waals surface area contributed by atoms with Gasteiger partial charge in [-0.15, -0.1) is 0 Å². The Hall–Kier alpha value is -1.27. The number of thioether (sulfide) groups is 1. The minimum Gasteiger partial charge on any atom is -0.382 e. The van der Waals surface area contributed by atoms with Gasteiger partial charge in [0, 0.05) is 29.0 Å². The van der Waals surface area contributed by atoms with E-state index in [0.717, 1.165) is 17.9 Å². The smallest absolute Gasteiger partial charge is 0.194 e. The molecule has 2 atom stereocenters. The van der Waals surface area contributed by atoms with Gasteiger partial charge in [-0.25, -0.2) is 9.38 Å².